The van der Waals surface area contributed by atoms with Crippen LogP contribution >= 0.6 is 0 Å². The van der Waals surface area contributed by atoms with Crippen molar-refractivity contribution in [1.82, 2.24) is 0 Å². The van der Waals surface area contributed by atoms with Gasteiger partial charge in [-0.3, -0.25) is 4.79 Å². The molecule has 0 aromatic heterocycles. The molecule has 0 saturated heterocycles. The van der Waals surface area contributed by atoms with Gasteiger partial charge in [0.15, 0.2) is 9.84 Å². The van der Waals surface area contributed by atoms with Gasteiger partial charge in [0.05, 0.1) is 10.6 Å². The van der Waals surface area contributed by atoms with Crippen LogP contribution in [0, 0.1) is 6.92 Å². The molecule has 0 amide bonds. The van der Waals surface area contributed by atoms with Crippen molar-refractivity contribution in [3.05, 3.63) is 29.8 Å². The lowest BCUT2D eigenvalue weighted by Crippen LogP contribution is -2.11. The van der Waals surface area contributed by atoms with Crippen LogP contribution in [0.15, 0.2) is 29.2 Å². The van der Waals surface area contributed by atoms with Crippen LogP contribution in [-0.4, -0.2) is 20.0 Å². The lowest BCUT2D eigenvalue weighted by atomic mass is 10.1. The van der Waals surface area contributed by atoms with E-state index in [1.807, 2.05) is 6.92 Å². The molecule has 0 unspecified atom stereocenters. The largest absolute Gasteiger partial charge is 0.300 e. The summed E-state index contributed by atoms with van der Waals surface area (Å²) in [7, 11) is -3.34. The summed E-state index contributed by atoms with van der Waals surface area (Å²) in [5.74, 6) is -0.00888. The van der Waals surface area contributed by atoms with Crippen LogP contribution in [-0.2, 0) is 14.6 Å². The van der Waals surface area contributed by atoms with Crippen LogP contribution in [0.4, 0.5) is 0 Å². The first-order valence-corrected chi connectivity index (χ1v) is 11.4. The lowest BCUT2D eigenvalue weighted by Gasteiger charge is -2.05. The van der Waals surface area contributed by atoms with E-state index in [-0.39, 0.29) is 18.0 Å². The molecule has 142 valence electrons. The Balaban J connectivity index is 2.13. The second-order valence-corrected chi connectivity index (χ2v) is 9.11. The smallest absolute Gasteiger partial charge is 0.178 e. The number of benzene rings is 1. The van der Waals surface area contributed by atoms with Gasteiger partial charge in [-0.05, 0) is 25.5 Å². The van der Waals surface area contributed by atoms with E-state index in [4.69, 9.17) is 0 Å². The van der Waals surface area contributed by atoms with Gasteiger partial charge in [-0.1, -0.05) is 76.0 Å². The van der Waals surface area contributed by atoms with Crippen molar-refractivity contribution in [2.45, 2.75) is 89.4 Å². The zero-order valence-corrected chi connectivity index (χ0v) is 16.7. The van der Waals surface area contributed by atoms with Crippen molar-refractivity contribution in [3.8, 4) is 0 Å². The summed E-state index contributed by atoms with van der Waals surface area (Å²) in [6, 6.07) is 6.82. The Hall–Kier alpha value is -1.16. The van der Waals surface area contributed by atoms with Crippen LogP contribution in [0.1, 0.15) is 83.1 Å². The van der Waals surface area contributed by atoms with E-state index in [1.54, 1.807) is 24.3 Å². The number of carbonyl (C=O) groups excluding carboxylic acids is 1. The Kier molecular flexibility index (Phi) is 10.7. The van der Waals surface area contributed by atoms with Gasteiger partial charge in [0, 0.05) is 12.8 Å². The number of rotatable bonds is 14. The summed E-state index contributed by atoms with van der Waals surface area (Å²) in [5, 5.41) is 0. The molecule has 25 heavy (non-hydrogen) atoms. The summed E-state index contributed by atoms with van der Waals surface area (Å²) < 4.78 is 24.4. The van der Waals surface area contributed by atoms with Gasteiger partial charge in [-0.2, -0.15) is 0 Å². The Bertz CT molecular complexity index is 588. The summed E-state index contributed by atoms with van der Waals surface area (Å²) in [5.41, 5.74) is 1.03. The Labute approximate surface area is 154 Å². The minimum Gasteiger partial charge on any atom is -0.300 e. The Morgan fingerprint density at radius 1 is 0.800 bits per heavy atom. The van der Waals surface area contributed by atoms with E-state index in [0.717, 1.165) is 18.4 Å². The third kappa shape index (κ3) is 9.78. The summed E-state index contributed by atoms with van der Waals surface area (Å²) >= 11 is 0. The highest BCUT2D eigenvalue weighted by Crippen LogP contribution is 2.15. The second-order valence-electron chi connectivity index (χ2n) is 7.00. The maximum Gasteiger partial charge on any atom is 0.178 e. The first-order valence-electron chi connectivity index (χ1n) is 9.77. The first kappa shape index (κ1) is 21.9. The molecule has 1 aromatic rings. The van der Waals surface area contributed by atoms with Crippen molar-refractivity contribution in [2.24, 2.45) is 0 Å². The highest BCUT2D eigenvalue weighted by molar-refractivity contribution is 7.91. The number of sulfone groups is 1. The fourth-order valence-corrected chi connectivity index (χ4v) is 4.15. The van der Waals surface area contributed by atoms with Gasteiger partial charge in [-0.15, -0.1) is 0 Å². The maximum absolute atomic E-state index is 12.2. The minimum absolute atomic E-state index is 0.0682. The molecule has 0 aliphatic heterocycles. The monoisotopic (exact) mass is 366 g/mol. The van der Waals surface area contributed by atoms with E-state index in [9.17, 15) is 13.2 Å². The van der Waals surface area contributed by atoms with Crippen LogP contribution in [0.3, 0.4) is 0 Å². The average molecular weight is 367 g/mol. The fraction of sp³-hybridized carbons (Fsp3) is 0.667. The molecule has 0 radical (unpaired) electrons. The van der Waals surface area contributed by atoms with Crippen molar-refractivity contribution >= 4 is 15.6 Å². The molecule has 3 nitrogen and oxygen atoms in total. The number of hydrogen-bond donors (Lipinski definition) is 0. The van der Waals surface area contributed by atoms with Gasteiger partial charge in [0.2, 0.25) is 0 Å². The van der Waals surface area contributed by atoms with E-state index in [0.29, 0.717) is 11.3 Å². The van der Waals surface area contributed by atoms with Crippen LogP contribution < -0.4 is 0 Å². The highest BCUT2D eigenvalue weighted by atomic mass is 32.2. The summed E-state index contributed by atoms with van der Waals surface area (Å²) in [6.45, 7) is 4.15. The predicted molar refractivity (Wildman–Crippen MR) is 105 cm³/mol. The molecule has 0 aliphatic rings. The van der Waals surface area contributed by atoms with Crippen molar-refractivity contribution in [2.75, 3.05) is 5.75 Å². The van der Waals surface area contributed by atoms with Gasteiger partial charge in [0.25, 0.3) is 0 Å². The number of hydrogen-bond acceptors (Lipinski definition) is 3. The molecule has 0 spiro atoms. The van der Waals surface area contributed by atoms with Crippen LogP contribution in [0.5, 0.6) is 0 Å². The SMILES string of the molecule is CCCCCCCCCCCC(=O)CCS(=O)(=O)c1ccc(C)cc1. The van der Waals surface area contributed by atoms with Gasteiger partial charge in [0.1, 0.15) is 5.78 Å². The molecular weight excluding hydrogens is 332 g/mol. The fourth-order valence-electron chi connectivity index (χ4n) is 2.87. The minimum atomic E-state index is -3.34. The maximum atomic E-state index is 12.2. The highest BCUT2D eigenvalue weighted by Gasteiger charge is 2.16. The molecule has 4 heteroatoms. The van der Waals surface area contributed by atoms with Gasteiger partial charge >= 0.3 is 0 Å². The average Bonchev–Trinajstić information content (AvgIpc) is 2.59. The lowest BCUT2D eigenvalue weighted by molar-refractivity contribution is -0.118. The molecule has 0 heterocycles. The molecule has 0 N–H and O–H groups in total. The van der Waals surface area contributed by atoms with Gasteiger partial charge < -0.3 is 0 Å². The number of carbonyl (C=O) groups is 1. The number of aryl methyl sites for hydroxylation is 1. The third-order valence-electron chi connectivity index (χ3n) is 4.59. The molecule has 0 bridgehead atoms. The second kappa shape index (κ2) is 12.2. The predicted octanol–water partition coefficient (Wildman–Crippen LogP) is 5.65. The quantitative estimate of drug-likeness (QED) is 0.400. The Morgan fingerprint density at radius 2 is 1.32 bits per heavy atom. The first-order chi connectivity index (χ1) is 12.0. The molecule has 1 aromatic carbocycles. The van der Waals surface area contributed by atoms with Crippen molar-refractivity contribution in [1.29, 1.82) is 0 Å². The number of ketones is 1. The summed E-state index contributed by atoms with van der Waals surface area (Å²) in [6.07, 6.45) is 11.6. The topological polar surface area (TPSA) is 51.2 Å². The van der Waals surface area contributed by atoms with E-state index >= 15 is 0 Å². The summed E-state index contributed by atoms with van der Waals surface area (Å²) in [4.78, 5) is 12.2. The number of Topliss-reactive ketones (excluding diaryl/α,β-unsaturated/α-hetero) is 1. The molecule has 0 saturated carbocycles. The molecule has 0 atom stereocenters. The molecular formula is C21H34O3S. The van der Waals surface area contributed by atoms with Gasteiger partial charge in [-0.25, -0.2) is 8.42 Å². The van der Waals surface area contributed by atoms with E-state index in [2.05, 4.69) is 6.92 Å². The molecule has 1 rings (SSSR count). The van der Waals surface area contributed by atoms with Crippen molar-refractivity contribution < 1.29 is 13.2 Å². The molecule has 0 fully saturated rings. The van der Waals surface area contributed by atoms with Crippen LogP contribution in [0.25, 0.3) is 0 Å². The standard InChI is InChI=1S/C21H34O3S/c1-3-4-5-6-7-8-9-10-11-12-20(22)17-18-25(23,24)21-15-13-19(2)14-16-21/h13-16H,3-12,17-18H2,1-2H3. The van der Waals surface area contributed by atoms with Crippen molar-refractivity contribution in [3.63, 3.8) is 0 Å². The van der Waals surface area contributed by atoms with E-state index in [1.165, 1.54) is 44.9 Å². The zero-order valence-electron chi connectivity index (χ0n) is 15.9. The third-order valence-corrected chi connectivity index (χ3v) is 6.32. The van der Waals surface area contributed by atoms with Crippen LogP contribution in [0.2, 0.25) is 0 Å². The molecule has 0 aliphatic carbocycles. The zero-order chi connectivity index (χ0) is 18.5. The number of unbranched alkanes of at least 4 members (excludes halogenated alkanes) is 8. The van der Waals surface area contributed by atoms with E-state index < -0.39 is 9.84 Å². The Morgan fingerprint density at radius 3 is 1.88 bits per heavy atom. The normalized spacial score (nSPS) is 11.6.